The summed E-state index contributed by atoms with van der Waals surface area (Å²) >= 11 is 0. The molecule has 5 heteroatoms. The van der Waals surface area contributed by atoms with Gasteiger partial charge in [0.05, 0.1) is 27.8 Å². The van der Waals surface area contributed by atoms with Crippen molar-refractivity contribution in [3.63, 3.8) is 0 Å². The van der Waals surface area contributed by atoms with Crippen molar-refractivity contribution in [2.75, 3.05) is 14.1 Å². The fourth-order valence-electron chi connectivity index (χ4n) is 10.4. The molecule has 7 rings (SSSR count). The van der Waals surface area contributed by atoms with Gasteiger partial charge in [-0.3, -0.25) is 4.99 Å². The molecule has 396 valence electrons. The summed E-state index contributed by atoms with van der Waals surface area (Å²) in [4.78, 5) is 10.4. The fraction of sp³-hybridized carbons (Fsp3) is 0.429. The minimum atomic E-state index is -0.0449. The zero-order chi connectivity index (χ0) is 55.4. The third kappa shape index (κ3) is 11.6. The number of unbranched alkanes of at least 4 members (excludes halogenated alkanes) is 1. The summed E-state index contributed by atoms with van der Waals surface area (Å²) in [5.74, 6) is 1.40. The first-order valence-electron chi connectivity index (χ1n) is 27.6. The highest BCUT2D eigenvalue weighted by molar-refractivity contribution is 6.16. The lowest BCUT2D eigenvalue weighted by Gasteiger charge is -2.26. The Morgan fingerprint density at radius 2 is 1.04 bits per heavy atom. The van der Waals surface area contributed by atoms with Crippen molar-refractivity contribution in [2.45, 2.75) is 172 Å². The maximum Gasteiger partial charge on any atom is 0.156 e. The molecule has 0 aliphatic carbocycles. The maximum atomic E-state index is 5.51. The van der Waals surface area contributed by atoms with Crippen molar-refractivity contribution in [3.05, 3.63) is 166 Å². The summed E-state index contributed by atoms with van der Waals surface area (Å²) in [5.41, 5.74) is 16.6. The Hall–Kier alpha value is -6.20. The van der Waals surface area contributed by atoms with Crippen LogP contribution in [-0.2, 0) is 21.7 Å². The van der Waals surface area contributed by atoms with Gasteiger partial charge < -0.3 is 14.5 Å². The molecule has 0 amide bonds. The number of nitrogens with one attached hydrogen (secondary N) is 1. The highest BCUT2D eigenvalue weighted by atomic mass is 15.1. The molecule has 0 aliphatic heterocycles. The zero-order valence-corrected chi connectivity index (χ0v) is 50.1. The highest BCUT2D eigenvalue weighted by Crippen LogP contribution is 2.42. The molecule has 1 N–H and O–H groups in total. The van der Waals surface area contributed by atoms with Gasteiger partial charge in [-0.2, -0.15) is 0 Å². The van der Waals surface area contributed by atoms with E-state index in [-0.39, 0.29) is 32.5 Å². The summed E-state index contributed by atoms with van der Waals surface area (Å²) in [5, 5.41) is 8.65. The number of rotatable bonds is 11. The van der Waals surface area contributed by atoms with Crippen LogP contribution in [0.5, 0.6) is 0 Å². The molecule has 5 nitrogen and oxygen atoms in total. The van der Waals surface area contributed by atoms with Gasteiger partial charge in [-0.05, 0) is 160 Å². The highest BCUT2D eigenvalue weighted by Gasteiger charge is 2.27. The molecule has 0 spiro atoms. The van der Waals surface area contributed by atoms with E-state index in [9.17, 15) is 0 Å². The van der Waals surface area contributed by atoms with Gasteiger partial charge in [0, 0.05) is 52.5 Å². The van der Waals surface area contributed by atoms with E-state index >= 15 is 0 Å². The quantitative estimate of drug-likeness (QED) is 0.0597. The normalized spacial score (nSPS) is 14.5. The summed E-state index contributed by atoms with van der Waals surface area (Å²) in [6.45, 7) is 47.6. The summed E-state index contributed by atoms with van der Waals surface area (Å²) < 4.78 is 4.94. The van der Waals surface area contributed by atoms with E-state index in [4.69, 9.17) is 9.98 Å². The van der Waals surface area contributed by atoms with Crippen molar-refractivity contribution < 1.29 is 0 Å². The molecule has 0 radical (unpaired) electrons. The van der Waals surface area contributed by atoms with Crippen LogP contribution in [-0.4, -0.2) is 34.9 Å². The predicted octanol–water partition coefficient (Wildman–Crippen LogP) is 19.3. The number of fused-ring (bicyclic) bond motifs is 6. The molecule has 2 heterocycles. The first-order chi connectivity index (χ1) is 34.8. The Morgan fingerprint density at radius 3 is 1.44 bits per heavy atom. The lowest BCUT2D eigenvalue weighted by Crippen LogP contribution is -2.24. The third-order valence-corrected chi connectivity index (χ3v) is 15.9. The molecule has 0 atom stereocenters. The van der Waals surface area contributed by atoms with E-state index in [2.05, 4.69) is 262 Å². The Labute approximate surface area is 452 Å². The van der Waals surface area contributed by atoms with E-state index in [0.717, 1.165) is 58.6 Å². The van der Waals surface area contributed by atoms with Crippen LogP contribution in [0, 0.1) is 10.8 Å². The van der Waals surface area contributed by atoms with Crippen LogP contribution in [0.3, 0.4) is 0 Å². The van der Waals surface area contributed by atoms with Crippen molar-refractivity contribution in [1.29, 1.82) is 0 Å². The number of aliphatic imine (C=N–C) groups is 2. The fourth-order valence-corrected chi connectivity index (χ4v) is 10.4. The van der Waals surface area contributed by atoms with E-state index in [1.54, 1.807) is 0 Å². The molecule has 2 aromatic heterocycles. The standard InChI is InChI=1S/C70H91N5/c1-23-46(39-45(3)65(4,5)6)63(71-21)73-64(72-22)57-44-52(74-58-33-28-48(67(10,11)12)40-53(58)54-41-49(68(13,14)15)29-34-59(54)74)32-37-62(57)75-60-35-30-50(69(16,17)18)42-55(60)56-43-51(31-36-61(56)75)70(19,20)38-26-25-27-47(24-2)66(7,8)9/h23-24,27-37,39-44H,2,25-26,38H2,1,3-22H3,(H,71,72,73)/b45-39+,46-23+,47-27+. The number of nitrogens with zero attached hydrogens (tertiary/aromatic N) is 4. The van der Waals surface area contributed by atoms with Crippen LogP contribution in [0.2, 0.25) is 0 Å². The smallest absolute Gasteiger partial charge is 0.156 e. The molecule has 0 unspecified atom stereocenters. The topological polar surface area (TPSA) is 46.6 Å². The van der Waals surface area contributed by atoms with Gasteiger partial charge in [-0.15, -0.1) is 0 Å². The molecule has 5 aromatic carbocycles. The van der Waals surface area contributed by atoms with Gasteiger partial charge in [0.15, 0.2) is 5.84 Å². The molecular weight excluding hydrogens is 911 g/mol. The second kappa shape index (κ2) is 20.7. The molecule has 0 saturated carbocycles. The van der Waals surface area contributed by atoms with E-state index in [1.165, 1.54) is 66.0 Å². The number of hydrogen-bond acceptors (Lipinski definition) is 1. The van der Waals surface area contributed by atoms with Crippen LogP contribution in [0.25, 0.3) is 55.0 Å². The average Bonchev–Trinajstić information content (AvgIpc) is 3.83. The third-order valence-electron chi connectivity index (χ3n) is 15.9. The van der Waals surface area contributed by atoms with Gasteiger partial charge in [0.1, 0.15) is 5.84 Å². The molecule has 75 heavy (non-hydrogen) atoms. The Morgan fingerprint density at radius 1 is 0.587 bits per heavy atom. The van der Waals surface area contributed by atoms with Gasteiger partial charge in [-0.25, -0.2) is 4.99 Å². The summed E-state index contributed by atoms with van der Waals surface area (Å²) in [7, 11) is 3.84. The number of allylic oxidation sites excluding steroid dienone is 5. The van der Waals surface area contributed by atoms with Crippen molar-refractivity contribution in [3.8, 4) is 11.4 Å². The van der Waals surface area contributed by atoms with Crippen molar-refractivity contribution >= 4 is 55.3 Å². The number of benzene rings is 5. The predicted molar refractivity (Wildman–Crippen MR) is 332 cm³/mol. The minimum Gasteiger partial charge on any atom is -0.373 e. The first kappa shape index (κ1) is 56.5. The van der Waals surface area contributed by atoms with Gasteiger partial charge in [0.2, 0.25) is 0 Å². The van der Waals surface area contributed by atoms with E-state index in [0.29, 0.717) is 5.84 Å². The average molecular weight is 1000 g/mol. The Bertz CT molecular complexity index is 3390. The molecule has 0 saturated heterocycles. The summed E-state index contributed by atoms with van der Waals surface area (Å²) in [6.07, 6.45) is 12.0. The molecular formula is C70H91N5. The van der Waals surface area contributed by atoms with E-state index in [1.807, 2.05) is 20.2 Å². The Kier molecular flexibility index (Phi) is 15.6. The Balaban J connectivity index is 1.54. The van der Waals surface area contributed by atoms with Crippen molar-refractivity contribution in [2.24, 2.45) is 20.8 Å². The van der Waals surface area contributed by atoms with Crippen LogP contribution in [0.4, 0.5) is 0 Å². The number of amidine groups is 2. The SMILES string of the molecule is C=C/C(=C\CCCC(C)(C)c1ccc2c(c1)c1cc(C(C)(C)C)ccc1n2-c1ccc(-n2c3ccc(C(C)(C)C)cc3c3cc(C(C)(C)C)ccc32)cc1C(=NC(=NC)C(=C/C)/C=C(\C)C(C)(C)C)NC)C(C)(C)C. The molecule has 0 aliphatic rings. The molecule has 7 aromatic rings. The minimum absolute atomic E-state index is 0.00594. The van der Waals surface area contributed by atoms with Gasteiger partial charge in [-0.1, -0.05) is 178 Å². The number of hydrogen-bond donors (Lipinski definition) is 1. The second-order valence-corrected chi connectivity index (χ2v) is 27.0. The van der Waals surface area contributed by atoms with Crippen LogP contribution in [0.1, 0.15) is 179 Å². The summed E-state index contributed by atoms with van der Waals surface area (Å²) in [6, 6.07) is 35.5. The monoisotopic (exact) mass is 1000 g/mol. The van der Waals surface area contributed by atoms with Gasteiger partial charge in [0.25, 0.3) is 0 Å². The first-order valence-corrected chi connectivity index (χ1v) is 27.6. The van der Waals surface area contributed by atoms with Gasteiger partial charge >= 0.3 is 0 Å². The van der Waals surface area contributed by atoms with Crippen LogP contribution < -0.4 is 5.32 Å². The van der Waals surface area contributed by atoms with E-state index < -0.39 is 0 Å². The lowest BCUT2D eigenvalue weighted by atomic mass is 9.79. The molecule has 0 fully saturated rings. The zero-order valence-electron chi connectivity index (χ0n) is 50.1. The molecule has 0 bridgehead atoms. The van der Waals surface area contributed by atoms with Crippen LogP contribution >= 0.6 is 0 Å². The largest absolute Gasteiger partial charge is 0.373 e. The second-order valence-electron chi connectivity index (χ2n) is 27.0. The number of aromatic nitrogens is 2. The van der Waals surface area contributed by atoms with Crippen molar-refractivity contribution in [1.82, 2.24) is 14.5 Å². The van der Waals surface area contributed by atoms with Crippen LogP contribution in [0.15, 0.2) is 149 Å². The maximum absolute atomic E-state index is 5.51. The lowest BCUT2D eigenvalue weighted by molar-refractivity contribution is 0.461.